The molecular weight excluding hydrogens is 326 g/mol. The number of hydrogen-bond donors (Lipinski definition) is 3. The van der Waals surface area contributed by atoms with Gasteiger partial charge >= 0.3 is 0 Å². The lowest BCUT2D eigenvalue weighted by atomic mass is 9.90. The summed E-state index contributed by atoms with van der Waals surface area (Å²) in [5.74, 6) is -0.470. The molecule has 0 bridgehead atoms. The van der Waals surface area contributed by atoms with Crippen LogP contribution in [0.25, 0.3) is 32.7 Å². The zero-order chi connectivity index (χ0) is 18.3. The van der Waals surface area contributed by atoms with E-state index in [0.717, 1.165) is 21.5 Å². The number of fused-ring (bicyclic) bond motifs is 2. The van der Waals surface area contributed by atoms with Crippen LogP contribution in [0.3, 0.4) is 0 Å². The van der Waals surface area contributed by atoms with Crippen molar-refractivity contribution in [3.05, 3.63) is 72.3 Å². The minimum absolute atomic E-state index is 0.0539. The highest BCUT2D eigenvalue weighted by molar-refractivity contribution is 6.13. The van der Waals surface area contributed by atoms with Gasteiger partial charge in [0.2, 0.25) is 0 Å². The monoisotopic (exact) mass is 343 g/mol. The molecule has 0 fully saturated rings. The first-order valence-electron chi connectivity index (χ1n) is 8.29. The topological polar surface area (TPSA) is 69.6 Å². The first kappa shape index (κ1) is 16.0. The van der Waals surface area contributed by atoms with Gasteiger partial charge in [-0.15, -0.1) is 0 Å². The molecule has 4 aromatic rings. The van der Waals surface area contributed by atoms with Crippen LogP contribution in [-0.2, 0) is 0 Å². The molecule has 4 heteroatoms. The Morgan fingerprint density at radius 3 is 2.12 bits per heavy atom. The van der Waals surface area contributed by atoms with Gasteiger partial charge in [0.1, 0.15) is 11.5 Å². The molecule has 0 aliphatic carbocycles. The molecule has 0 saturated heterocycles. The van der Waals surface area contributed by atoms with E-state index in [-0.39, 0.29) is 23.0 Å². The Morgan fingerprint density at radius 2 is 1.42 bits per heavy atom. The summed E-state index contributed by atoms with van der Waals surface area (Å²) in [6.07, 6.45) is 0. The van der Waals surface area contributed by atoms with Crippen LogP contribution in [0.5, 0.6) is 11.5 Å². The smallest absolute Gasteiger partial charge is 0.254 e. The van der Waals surface area contributed by atoms with E-state index in [1.54, 1.807) is 12.1 Å². The van der Waals surface area contributed by atoms with E-state index in [9.17, 15) is 15.0 Å². The van der Waals surface area contributed by atoms with Gasteiger partial charge in [0.15, 0.2) is 0 Å². The average Bonchev–Trinajstić information content (AvgIpc) is 2.68. The number of carbonyl (C=O) groups is 1. The molecule has 0 radical (unpaired) electrons. The zero-order valence-corrected chi connectivity index (χ0v) is 14.2. The van der Waals surface area contributed by atoms with Crippen molar-refractivity contribution in [2.24, 2.45) is 0 Å². The number of rotatable bonds is 2. The minimum atomic E-state index is -0.380. The van der Waals surface area contributed by atoms with Crippen molar-refractivity contribution in [1.29, 1.82) is 0 Å². The lowest BCUT2D eigenvalue weighted by Crippen LogP contribution is -2.18. The molecule has 1 amide bonds. The normalized spacial score (nSPS) is 11.0. The number of aromatic hydroxyl groups is 2. The lowest BCUT2D eigenvalue weighted by molar-refractivity contribution is 0.0960. The summed E-state index contributed by atoms with van der Waals surface area (Å²) < 4.78 is 0. The van der Waals surface area contributed by atoms with Gasteiger partial charge in [-0.25, -0.2) is 0 Å². The molecule has 0 atom stereocenters. The van der Waals surface area contributed by atoms with Crippen molar-refractivity contribution >= 4 is 27.5 Å². The Bertz CT molecular complexity index is 1160. The van der Waals surface area contributed by atoms with Gasteiger partial charge in [-0.2, -0.15) is 0 Å². The predicted octanol–water partition coefficient (Wildman–Crippen LogP) is 4.43. The Kier molecular flexibility index (Phi) is 3.73. The van der Waals surface area contributed by atoms with Gasteiger partial charge in [-0.05, 0) is 33.7 Å². The molecule has 3 N–H and O–H groups in total. The van der Waals surface area contributed by atoms with Crippen molar-refractivity contribution in [2.45, 2.75) is 0 Å². The van der Waals surface area contributed by atoms with Crippen LogP contribution in [-0.4, -0.2) is 23.2 Å². The molecule has 0 heterocycles. The number of amides is 1. The van der Waals surface area contributed by atoms with E-state index < -0.39 is 0 Å². The molecule has 4 nitrogen and oxygen atoms in total. The van der Waals surface area contributed by atoms with Gasteiger partial charge in [0.25, 0.3) is 5.91 Å². The molecule has 26 heavy (non-hydrogen) atoms. The van der Waals surface area contributed by atoms with Crippen molar-refractivity contribution < 1.29 is 15.0 Å². The highest BCUT2D eigenvalue weighted by Gasteiger charge is 2.21. The Labute approximate surface area is 150 Å². The second kappa shape index (κ2) is 6.08. The largest absolute Gasteiger partial charge is 0.507 e. The van der Waals surface area contributed by atoms with Crippen molar-refractivity contribution in [1.82, 2.24) is 5.32 Å². The van der Waals surface area contributed by atoms with Gasteiger partial charge in [0.05, 0.1) is 5.56 Å². The van der Waals surface area contributed by atoms with E-state index >= 15 is 0 Å². The summed E-state index contributed by atoms with van der Waals surface area (Å²) >= 11 is 0. The summed E-state index contributed by atoms with van der Waals surface area (Å²) in [6.45, 7) is 0. The Balaban J connectivity index is 2.21. The van der Waals surface area contributed by atoms with E-state index in [4.69, 9.17) is 0 Å². The lowest BCUT2D eigenvalue weighted by Gasteiger charge is -2.16. The SMILES string of the molecule is CNC(=O)c1cc2ccccc2c(-c2c(O)ccc3ccccc23)c1O. The van der Waals surface area contributed by atoms with Crippen LogP contribution in [0.1, 0.15) is 10.4 Å². The summed E-state index contributed by atoms with van der Waals surface area (Å²) in [7, 11) is 1.52. The first-order valence-corrected chi connectivity index (χ1v) is 8.29. The van der Waals surface area contributed by atoms with Crippen LogP contribution < -0.4 is 5.32 Å². The highest BCUT2D eigenvalue weighted by Crippen LogP contribution is 2.45. The quantitative estimate of drug-likeness (QED) is 0.504. The van der Waals surface area contributed by atoms with E-state index in [1.807, 2.05) is 54.6 Å². The molecule has 4 rings (SSSR count). The maximum Gasteiger partial charge on any atom is 0.254 e. The molecule has 0 aromatic heterocycles. The van der Waals surface area contributed by atoms with Gasteiger partial charge < -0.3 is 15.5 Å². The summed E-state index contributed by atoms with van der Waals surface area (Å²) in [4.78, 5) is 12.3. The van der Waals surface area contributed by atoms with Crippen LogP contribution in [0.15, 0.2) is 66.7 Å². The summed E-state index contributed by atoms with van der Waals surface area (Å²) in [5.41, 5.74) is 1.15. The molecule has 0 saturated carbocycles. The van der Waals surface area contributed by atoms with Crippen molar-refractivity contribution in [3.63, 3.8) is 0 Å². The zero-order valence-electron chi connectivity index (χ0n) is 14.2. The van der Waals surface area contributed by atoms with Gasteiger partial charge in [-0.1, -0.05) is 54.6 Å². The van der Waals surface area contributed by atoms with E-state index in [0.29, 0.717) is 11.1 Å². The van der Waals surface area contributed by atoms with Crippen LogP contribution >= 0.6 is 0 Å². The number of benzene rings is 4. The number of phenolic OH excluding ortho intramolecular Hbond substituents is 2. The predicted molar refractivity (Wildman–Crippen MR) is 104 cm³/mol. The molecule has 0 spiro atoms. The molecule has 128 valence electrons. The third kappa shape index (κ3) is 2.35. The maximum atomic E-state index is 12.3. The maximum absolute atomic E-state index is 12.3. The summed E-state index contributed by atoms with van der Waals surface area (Å²) in [6, 6.07) is 20.2. The highest BCUT2D eigenvalue weighted by atomic mass is 16.3. The average molecular weight is 343 g/mol. The fraction of sp³-hybridized carbons (Fsp3) is 0.0455. The number of nitrogens with one attached hydrogen (secondary N) is 1. The van der Waals surface area contributed by atoms with Gasteiger partial charge in [-0.3, -0.25) is 4.79 Å². The van der Waals surface area contributed by atoms with Crippen LogP contribution in [0.4, 0.5) is 0 Å². The fourth-order valence-corrected chi connectivity index (χ4v) is 3.42. The van der Waals surface area contributed by atoms with Crippen LogP contribution in [0, 0.1) is 0 Å². The molecule has 4 aromatic carbocycles. The van der Waals surface area contributed by atoms with Crippen molar-refractivity contribution in [2.75, 3.05) is 7.05 Å². The number of carbonyl (C=O) groups excluding carboxylic acids is 1. The summed E-state index contributed by atoms with van der Waals surface area (Å²) in [5, 5.41) is 27.5. The molecule has 0 aliphatic rings. The van der Waals surface area contributed by atoms with Crippen LogP contribution in [0.2, 0.25) is 0 Å². The number of phenols is 2. The molecular formula is C22H17NO3. The third-order valence-electron chi connectivity index (χ3n) is 4.65. The standard InChI is InChI=1S/C22H17NO3/c1-23-22(26)17-12-14-7-3-5-9-16(14)20(21(17)25)19-15-8-4-2-6-13(15)10-11-18(19)24/h2-12,24-25H,1H3,(H,23,26). The van der Waals surface area contributed by atoms with Gasteiger partial charge in [0, 0.05) is 18.2 Å². The van der Waals surface area contributed by atoms with Crippen molar-refractivity contribution in [3.8, 4) is 22.6 Å². The second-order valence-electron chi connectivity index (χ2n) is 6.13. The third-order valence-corrected chi connectivity index (χ3v) is 4.65. The van der Waals surface area contributed by atoms with E-state index in [1.165, 1.54) is 7.05 Å². The fourth-order valence-electron chi connectivity index (χ4n) is 3.42. The Hall–Kier alpha value is -3.53. The number of hydrogen-bond acceptors (Lipinski definition) is 3. The Morgan fingerprint density at radius 1 is 0.808 bits per heavy atom. The van der Waals surface area contributed by atoms with E-state index in [2.05, 4.69) is 5.32 Å². The minimum Gasteiger partial charge on any atom is -0.507 e. The molecule has 0 unspecified atom stereocenters. The second-order valence-corrected chi connectivity index (χ2v) is 6.13. The first-order chi connectivity index (χ1) is 12.6. The molecule has 0 aliphatic heterocycles.